The Kier molecular flexibility index (Phi) is 6.65. The summed E-state index contributed by atoms with van der Waals surface area (Å²) in [7, 11) is 0. The van der Waals surface area contributed by atoms with Crippen LogP contribution in [0, 0.1) is 5.92 Å². The van der Waals surface area contributed by atoms with Crippen LogP contribution in [0.15, 0.2) is 51.6 Å². The highest BCUT2D eigenvalue weighted by Gasteiger charge is 2.27. The van der Waals surface area contributed by atoms with Gasteiger partial charge in [0.1, 0.15) is 21.2 Å². The van der Waals surface area contributed by atoms with Gasteiger partial charge in [-0.2, -0.15) is 0 Å². The van der Waals surface area contributed by atoms with Crippen LogP contribution in [-0.2, 0) is 9.59 Å². The SMILES string of the molecule is NC(=O)C1CCCN(C(=O)CCNC(=O)c2sccc2-c2nc(-c3cc4ccccc4o3)cs2)C1. The standard InChI is InChI=1S/C25H24N4O4S2/c26-23(31)16-5-3-10-29(13-16)21(30)7-9-27-24(32)22-17(8-11-34-22)25-28-18(14-35-25)20-12-15-4-1-2-6-19(15)33-20/h1-2,4,6,8,11-12,14,16H,3,5,7,9-10,13H2,(H2,26,31)(H,27,32). The van der Waals surface area contributed by atoms with Gasteiger partial charge in [0.05, 0.1) is 5.92 Å². The minimum absolute atomic E-state index is 0.0851. The lowest BCUT2D eigenvalue weighted by Gasteiger charge is -2.31. The normalized spacial score (nSPS) is 15.9. The van der Waals surface area contributed by atoms with Gasteiger partial charge in [0.2, 0.25) is 11.8 Å². The fourth-order valence-corrected chi connectivity index (χ4v) is 5.95. The van der Waals surface area contributed by atoms with Crippen LogP contribution in [0.2, 0.25) is 0 Å². The third kappa shape index (κ3) is 4.98. The van der Waals surface area contributed by atoms with Gasteiger partial charge in [0, 0.05) is 42.4 Å². The summed E-state index contributed by atoms with van der Waals surface area (Å²) in [6.45, 7) is 1.19. The Morgan fingerprint density at radius 3 is 2.89 bits per heavy atom. The zero-order valence-electron chi connectivity index (χ0n) is 18.9. The number of nitrogens with two attached hydrogens (primary N) is 1. The number of aromatic nitrogens is 1. The summed E-state index contributed by atoms with van der Waals surface area (Å²) >= 11 is 2.79. The lowest BCUT2D eigenvalue weighted by Crippen LogP contribution is -2.44. The van der Waals surface area contributed by atoms with Gasteiger partial charge < -0.3 is 20.4 Å². The van der Waals surface area contributed by atoms with E-state index in [1.54, 1.807) is 4.90 Å². The largest absolute Gasteiger partial charge is 0.454 e. The first kappa shape index (κ1) is 23.3. The van der Waals surface area contributed by atoms with Crippen molar-refractivity contribution in [2.75, 3.05) is 19.6 Å². The number of thiophene rings is 1. The highest BCUT2D eigenvalue weighted by molar-refractivity contribution is 7.15. The van der Waals surface area contributed by atoms with Gasteiger partial charge in [-0.25, -0.2) is 4.98 Å². The summed E-state index contributed by atoms with van der Waals surface area (Å²) in [5.74, 6) is -0.301. The van der Waals surface area contributed by atoms with Crippen molar-refractivity contribution in [2.45, 2.75) is 19.3 Å². The molecule has 0 bridgehead atoms. The molecule has 1 fully saturated rings. The fraction of sp³-hybridized carbons (Fsp3) is 0.280. The number of nitrogens with one attached hydrogen (secondary N) is 1. The Bertz CT molecular complexity index is 1360. The number of benzene rings is 1. The summed E-state index contributed by atoms with van der Waals surface area (Å²) in [5, 5.41) is 8.36. The lowest BCUT2D eigenvalue weighted by molar-refractivity contribution is -0.134. The monoisotopic (exact) mass is 508 g/mol. The number of para-hydroxylation sites is 1. The highest BCUT2D eigenvalue weighted by atomic mass is 32.1. The van der Waals surface area contributed by atoms with Crippen LogP contribution in [0.5, 0.6) is 0 Å². The van der Waals surface area contributed by atoms with Crippen molar-refractivity contribution in [3.8, 4) is 22.0 Å². The minimum atomic E-state index is -0.369. The predicted octanol–water partition coefficient (Wildman–Crippen LogP) is 4.13. The second-order valence-corrected chi connectivity index (χ2v) is 10.2. The molecule has 0 saturated carbocycles. The predicted molar refractivity (Wildman–Crippen MR) is 136 cm³/mol. The number of carbonyl (C=O) groups is 3. The number of rotatable bonds is 7. The molecule has 1 atom stereocenters. The zero-order chi connectivity index (χ0) is 24.4. The van der Waals surface area contributed by atoms with Gasteiger partial charge in [-0.3, -0.25) is 14.4 Å². The first-order valence-electron chi connectivity index (χ1n) is 11.4. The summed E-state index contributed by atoms with van der Waals surface area (Å²) in [5.41, 5.74) is 7.68. The maximum atomic E-state index is 12.9. The van der Waals surface area contributed by atoms with Gasteiger partial charge in [0.25, 0.3) is 5.91 Å². The van der Waals surface area contributed by atoms with Gasteiger partial charge in [-0.1, -0.05) is 18.2 Å². The molecule has 0 spiro atoms. The van der Waals surface area contributed by atoms with E-state index in [9.17, 15) is 14.4 Å². The highest BCUT2D eigenvalue weighted by Crippen LogP contribution is 2.35. The molecule has 8 nitrogen and oxygen atoms in total. The van der Waals surface area contributed by atoms with Crippen molar-refractivity contribution < 1.29 is 18.8 Å². The van der Waals surface area contributed by atoms with Crippen molar-refractivity contribution in [2.24, 2.45) is 11.7 Å². The number of likely N-dealkylation sites (tertiary alicyclic amines) is 1. The molecule has 1 aromatic carbocycles. The van der Waals surface area contributed by atoms with Crippen LogP contribution < -0.4 is 11.1 Å². The van der Waals surface area contributed by atoms with E-state index < -0.39 is 0 Å². The Labute approximate surface area is 209 Å². The molecule has 3 N–H and O–H groups in total. The van der Waals surface area contributed by atoms with Gasteiger partial charge >= 0.3 is 0 Å². The van der Waals surface area contributed by atoms with E-state index in [-0.39, 0.29) is 36.6 Å². The molecule has 10 heteroatoms. The maximum absolute atomic E-state index is 12.9. The second kappa shape index (κ2) is 10.0. The molecule has 180 valence electrons. The number of piperidine rings is 1. The molecule has 4 aromatic rings. The van der Waals surface area contributed by atoms with Gasteiger partial charge in [0.15, 0.2) is 5.76 Å². The Morgan fingerprint density at radius 1 is 1.20 bits per heavy atom. The lowest BCUT2D eigenvalue weighted by atomic mass is 9.97. The van der Waals surface area contributed by atoms with E-state index >= 15 is 0 Å². The van der Waals surface area contributed by atoms with E-state index in [1.807, 2.05) is 47.2 Å². The number of carbonyl (C=O) groups excluding carboxylic acids is 3. The number of primary amides is 1. The van der Waals surface area contributed by atoms with Crippen molar-refractivity contribution >= 4 is 51.4 Å². The third-order valence-electron chi connectivity index (χ3n) is 6.08. The Morgan fingerprint density at radius 2 is 2.06 bits per heavy atom. The summed E-state index contributed by atoms with van der Waals surface area (Å²) in [6.07, 6.45) is 1.64. The first-order valence-corrected chi connectivity index (χ1v) is 13.1. The van der Waals surface area contributed by atoms with Gasteiger partial charge in [-0.05, 0) is 36.4 Å². The second-order valence-electron chi connectivity index (χ2n) is 8.44. The van der Waals surface area contributed by atoms with Crippen LogP contribution in [0.1, 0.15) is 28.9 Å². The number of amides is 3. The average Bonchev–Trinajstić information content (AvgIpc) is 3.62. The summed E-state index contributed by atoms with van der Waals surface area (Å²) in [6, 6.07) is 11.6. The molecule has 1 aliphatic heterocycles. The molecule has 3 aromatic heterocycles. The molecule has 5 rings (SSSR count). The Hall–Kier alpha value is -3.50. The van der Waals surface area contributed by atoms with Crippen LogP contribution in [0.25, 0.3) is 33.0 Å². The van der Waals surface area contributed by atoms with Crippen LogP contribution in [0.3, 0.4) is 0 Å². The topological polar surface area (TPSA) is 119 Å². The van der Waals surface area contributed by atoms with Crippen LogP contribution in [0.4, 0.5) is 0 Å². The van der Waals surface area contributed by atoms with E-state index in [1.165, 1.54) is 22.7 Å². The maximum Gasteiger partial charge on any atom is 0.262 e. The van der Waals surface area contributed by atoms with E-state index in [2.05, 4.69) is 5.32 Å². The van der Waals surface area contributed by atoms with E-state index in [0.717, 1.165) is 33.7 Å². The molecule has 1 aliphatic rings. The first-order chi connectivity index (χ1) is 17.0. The van der Waals surface area contributed by atoms with Crippen molar-refractivity contribution in [1.82, 2.24) is 15.2 Å². The molecule has 0 aliphatic carbocycles. The number of nitrogens with zero attached hydrogens (tertiary/aromatic N) is 2. The molecular weight excluding hydrogens is 484 g/mol. The van der Waals surface area contributed by atoms with Crippen molar-refractivity contribution in [3.05, 3.63) is 52.0 Å². The number of fused-ring (bicyclic) bond motifs is 1. The third-order valence-corrected chi connectivity index (χ3v) is 7.87. The molecule has 3 amide bonds. The van der Waals surface area contributed by atoms with E-state index in [0.29, 0.717) is 30.1 Å². The Balaban J connectivity index is 1.21. The number of hydrogen-bond acceptors (Lipinski definition) is 7. The van der Waals surface area contributed by atoms with Crippen molar-refractivity contribution in [1.29, 1.82) is 0 Å². The average molecular weight is 509 g/mol. The smallest absolute Gasteiger partial charge is 0.262 e. The molecule has 1 saturated heterocycles. The molecule has 1 unspecified atom stereocenters. The van der Waals surface area contributed by atoms with Crippen LogP contribution >= 0.6 is 22.7 Å². The van der Waals surface area contributed by atoms with E-state index in [4.69, 9.17) is 15.1 Å². The van der Waals surface area contributed by atoms with Gasteiger partial charge in [-0.15, -0.1) is 22.7 Å². The minimum Gasteiger partial charge on any atom is -0.454 e. The molecule has 35 heavy (non-hydrogen) atoms. The number of furan rings is 1. The molecule has 0 radical (unpaired) electrons. The summed E-state index contributed by atoms with van der Waals surface area (Å²) in [4.78, 5) is 43.8. The van der Waals surface area contributed by atoms with Crippen molar-refractivity contribution in [3.63, 3.8) is 0 Å². The van der Waals surface area contributed by atoms with Crippen LogP contribution in [-0.4, -0.2) is 47.2 Å². The number of thiazole rings is 1. The molecule has 4 heterocycles. The number of hydrogen-bond donors (Lipinski definition) is 2. The molecular formula is C25H24N4O4S2. The summed E-state index contributed by atoms with van der Waals surface area (Å²) < 4.78 is 5.91. The quantitative estimate of drug-likeness (QED) is 0.389. The zero-order valence-corrected chi connectivity index (χ0v) is 20.5. The fourth-order valence-electron chi connectivity index (χ4n) is 4.23.